The number of carbonyl (C=O) groups excluding carboxylic acids is 1. The van der Waals surface area contributed by atoms with Crippen LogP contribution in [0, 0.1) is 21.4 Å². The van der Waals surface area contributed by atoms with Gasteiger partial charge in [-0.15, -0.1) is 0 Å². The SMILES string of the molecule is N#C/C(=C\C=C\c1ccccc1[N+](=O)[O-])C(=O)Nc1ccc(N2CCOCC2)cc1. The van der Waals surface area contributed by atoms with Gasteiger partial charge in [0.15, 0.2) is 0 Å². The molecule has 152 valence electrons. The van der Waals surface area contributed by atoms with Crippen LogP contribution in [0.4, 0.5) is 17.1 Å². The summed E-state index contributed by atoms with van der Waals surface area (Å²) in [7, 11) is 0. The molecule has 0 saturated carbocycles. The number of nitrogens with zero attached hydrogens (tertiary/aromatic N) is 3. The molecule has 0 atom stereocenters. The average Bonchev–Trinajstić information content (AvgIpc) is 2.78. The molecule has 1 amide bonds. The van der Waals surface area contributed by atoms with Crippen LogP contribution in [0.1, 0.15) is 5.56 Å². The number of hydrogen-bond acceptors (Lipinski definition) is 6. The molecule has 0 aliphatic carbocycles. The van der Waals surface area contributed by atoms with E-state index in [1.807, 2.05) is 18.2 Å². The third-order valence-corrected chi connectivity index (χ3v) is 4.54. The molecular formula is C22H20N4O4. The Morgan fingerprint density at radius 2 is 1.87 bits per heavy atom. The molecule has 1 saturated heterocycles. The zero-order chi connectivity index (χ0) is 21.3. The van der Waals surface area contributed by atoms with Crippen LogP contribution in [0.5, 0.6) is 0 Å². The largest absolute Gasteiger partial charge is 0.378 e. The number of allylic oxidation sites excluding steroid dienone is 2. The summed E-state index contributed by atoms with van der Waals surface area (Å²) in [6.07, 6.45) is 4.26. The molecule has 0 bridgehead atoms. The van der Waals surface area contributed by atoms with Gasteiger partial charge in [0.25, 0.3) is 11.6 Å². The van der Waals surface area contributed by atoms with Crippen molar-refractivity contribution in [3.8, 4) is 6.07 Å². The Hall–Kier alpha value is -3.96. The first kappa shape index (κ1) is 20.8. The number of carbonyl (C=O) groups is 1. The molecule has 3 rings (SSSR count). The van der Waals surface area contributed by atoms with Gasteiger partial charge in [-0.2, -0.15) is 5.26 Å². The second-order valence-corrected chi connectivity index (χ2v) is 6.47. The third-order valence-electron chi connectivity index (χ3n) is 4.54. The Balaban J connectivity index is 1.66. The monoisotopic (exact) mass is 404 g/mol. The molecule has 0 unspecified atom stereocenters. The quantitative estimate of drug-likeness (QED) is 0.259. The minimum absolute atomic E-state index is 0.0505. The summed E-state index contributed by atoms with van der Waals surface area (Å²) in [6.45, 7) is 3.01. The van der Waals surface area contributed by atoms with Gasteiger partial charge in [-0.05, 0) is 42.5 Å². The maximum absolute atomic E-state index is 12.4. The highest BCUT2D eigenvalue weighted by atomic mass is 16.6. The van der Waals surface area contributed by atoms with Gasteiger partial charge in [-0.3, -0.25) is 14.9 Å². The zero-order valence-electron chi connectivity index (χ0n) is 16.2. The predicted molar refractivity (Wildman–Crippen MR) is 114 cm³/mol. The summed E-state index contributed by atoms with van der Waals surface area (Å²) < 4.78 is 5.34. The van der Waals surface area contributed by atoms with Crippen LogP contribution in [0.3, 0.4) is 0 Å². The third kappa shape index (κ3) is 5.31. The van der Waals surface area contributed by atoms with Crippen molar-refractivity contribution in [2.24, 2.45) is 0 Å². The normalized spacial score (nSPS) is 14.4. The second-order valence-electron chi connectivity index (χ2n) is 6.47. The minimum atomic E-state index is -0.552. The number of nitro groups is 1. The van der Waals surface area contributed by atoms with Crippen LogP contribution in [0.15, 0.2) is 66.3 Å². The lowest BCUT2D eigenvalue weighted by Crippen LogP contribution is -2.36. The van der Waals surface area contributed by atoms with Crippen LogP contribution in [-0.2, 0) is 9.53 Å². The molecule has 2 aromatic rings. The van der Waals surface area contributed by atoms with E-state index in [0.29, 0.717) is 24.5 Å². The lowest BCUT2D eigenvalue weighted by Gasteiger charge is -2.28. The fourth-order valence-corrected chi connectivity index (χ4v) is 2.98. The first-order valence-electron chi connectivity index (χ1n) is 9.34. The molecule has 0 radical (unpaired) electrons. The Kier molecular flexibility index (Phi) is 6.92. The fraction of sp³-hybridized carbons (Fsp3) is 0.182. The molecule has 1 N–H and O–H groups in total. The van der Waals surface area contributed by atoms with Gasteiger partial charge in [-0.25, -0.2) is 0 Å². The number of morpholine rings is 1. The van der Waals surface area contributed by atoms with Crippen molar-refractivity contribution >= 4 is 29.0 Å². The van der Waals surface area contributed by atoms with E-state index in [4.69, 9.17) is 4.74 Å². The molecule has 1 aliphatic heterocycles. The molecular weight excluding hydrogens is 384 g/mol. The van der Waals surface area contributed by atoms with Crippen LogP contribution >= 0.6 is 0 Å². The number of nitro benzene ring substituents is 1. The summed E-state index contributed by atoms with van der Waals surface area (Å²) in [6, 6.07) is 15.5. The van der Waals surface area contributed by atoms with E-state index < -0.39 is 10.8 Å². The topological polar surface area (TPSA) is 108 Å². The molecule has 8 heteroatoms. The standard InChI is InChI=1S/C22H20N4O4/c23-16-18(6-3-5-17-4-1-2-7-21(17)26(28)29)22(27)24-19-8-10-20(11-9-19)25-12-14-30-15-13-25/h1-11H,12-15H2,(H,24,27)/b5-3+,18-6+. The van der Waals surface area contributed by atoms with E-state index in [1.54, 1.807) is 30.3 Å². The number of nitriles is 1. The van der Waals surface area contributed by atoms with Crippen LogP contribution < -0.4 is 10.2 Å². The zero-order valence-corrected chi connectivity index (χ0v) is 16.2. The van der Waals surface area contributed by atoms with Crippen molar-refractivity contribution in [3.05, 3.63) is 81.9 Å². The first-order valence-corrected chi connectivity index (χ1v) is 9.34. The van der Waals surface area contributed by atoms with Gasteiger partial charge in [0.05, 0.1) is 23.7 Å². The van der Waals surface area contributed by atoms with E-state index in [2.05, 4.69) is 10.2 Å². The molecule has 1 fully saturated rings. The molecule has 30 heavy (non-hydrogen) atoms. The predicted octanol–water partition coefficient (Wildman–Crippen LogP) is 3.53. The van der Waals surface area contributed by atoms with Crippen LogP contribution in [0.2, 0.25) is 0 Å². The highest BCUT2D eigenvalue weighted by molar-refractivity contribution is 6.06. The summed E-state index contributed by atoms with van der Waals surface area (Å²) in [5.41, 5.74) is 1.84. The van der Waals surface area contributed by atoms with Crippen molar-refractivity contribution in [2.75, 3.05) is 36.5 Å². The number of para-hydroxylation sites is 1. The molecule has 0 aromatic heterocycles. The first-order chi connectivity index (χ1) is 14.6. The molecule has 1 heterocycles. The number of hydrogen-bond donors (Lipinski definition) is 1. The van der Waals surface area contributed by atoms with Crippen molar-refractivity contribution in [2.45, 2.75) is 0 Å². The minimum Gasteiger partial charge on any atom is -0.378 e. The van der Waals surface area contributed by atoms with Gasteiger partial charge < -0.3 is 15.0 Å². The molecule has 2 aromatic carbocycles. The van der Waals surface area contributed by atoms with Crippen molar-refractivity contribution in [1.29, 1.82) is 5.26 Å². The van der Waals surface area contributed by atoms with E-state index >= 15 is 0 Å². The highest BCUT2D eigenvalue weighted by Gasteiger charge is 2.13. The summed E-state index contributed by atoms with van der Waals surface area (Å²) in [4.78, 5) is 25.1. The lowest BCUT2D eigenvalue weighted by molar-refractivity contribution is -0.385. The Bertz CT molecular complexity index is 1020. The van der Waals surface area contributed by atoms with Gasteiger partial charge in [0, 0.05) is 30.5 Å². The van der Waals surface area contributed by atoms with Gasteiger partial charge >= 0.3 is 0 Å². The maximum atomic E-state index is 12.4. The van der Waals surface area contributed by atoms with Gasteiger partial charge in [-0.1, -0.05) is 18.2 Å². The van der Waals surface area contributed by atoms with Gasteiger partial charge in [0.2, 0.25) is 0 Å². The average molecular weight is 404 g/mol. The Labute approximate surface area is 173 Å². The molecule has 0 spiro atoms. The number of anilines is 2. The lowest BCUT2D eigenvalue weighted by atomic mass is 10.1. The van der Waals surface area contributed by atoms with Gasteiger partial charge in [0.1, 0.15) is 11.6 Å². The van der Waals surface area contributed by atoms with E-state index in [1.165, 1.54) is 24.3 Å². The van der Waals surface area contributed by atoms with Crippen LogP contribution in [0.25, 0.3) is 6.08 Å². The van der Waals surface area contributed by atoms with E-state index in [0.717, 1.165) is 18.8 Å². The Morgan fingerprint density at radius 1 is 1.17 bits per heavy atom. The van der Waals surface area contributed by atoms with Crippen molar-refractivity contribution in [1.82, 2.24) is 0 Å². The maximum Gasteiger partial charge on any atom is 0.276 e. The summed E-state index contributed by atoms with van der Waals surface area (Å²) in [5.74, 6) is -0.552. The number of amides is 1. The number of ether oxygens (including phenoxy) is 1. The van der Waals surface area contributed by atoms with Crippen molar-refractivity contribution in [3.63, 3.8) is 0 Å². The molecule has 1 aliphatic rings. The number of rotatable bonds is 6. The summed E-state index contributed by atoms with van der Waals surface area (Å²) >= 11 is 0. The summed E-state index contributed by atoms with van der Waals surface area (Å²) in [5, 5.41) is 23.0. The number of nitrogens with one attached hydrogen (secondary N) is 1. The van der Waals surface area contributed by atoms with Crippen LogP contribution in [-0.4, -0.2) is 37.1 Å². The van der Waals surface area contributed by atoms with E-state index in [-0.39, 0.29) is 11.3 Å². The molecule has 8 nitrogen and oxygen atoms in total. The Morgan fingerprint density at radius 3 is 2.53 bits per heavy atom. The van der Waals surface area contributed by atoms with Crippen molar-refractivity contribution < 1.29 is 14.5 Å². The van der Waals surface area contributed by atoms with E-state index in [9.17, 15) is 20.2 Å². The highest BCUT2D eigenvalue weighted by Crippen LogP contribution is 2.20. The smallest absolute Gasteiger partial charge is 0.276 e. The number of benzene rings is 2. The second kappa shape index (κ2) is 10.0. The fourth-order valence-electron chi connectivity index (χ4n) is 2.98.